The fraction of sp³-hybridized carbons (Fsp3) is 0.0161. The Labute approximate surface area is 394 Å². The number of fused-ring (bicyclic) bond motifs is 11. The number of nitrogens with zero attached hydrogens (tertiary/aromatic N) is 4. The van der Waals surface area contributed by atoms with Crippen LogP contribution in [0.5, 0.6) is 6.01 Å². The van der Waals surface area contributed by atoms with Gasteiger partial charge >= 0.3 is 6.01 Å². The van der Waals surface area contributed by atoms with E-state index in [1.54, 1.807) is 0 Å². The third-order valence-corrected chi connectivity index (χ3v) is 19.0. The maximum Gasteiger partial charge on any atom is 0.302 e. The lowest BCUT2D eigenvalue weighted by atomic mass is 10.1. The predicted octanol–water partition coefficient (Wildman–Crippen LogP) is 12.2. The molecule has 13 aromatic rings. The van der Waals surface area contributed by atoms with Crippen LogP contribution in [0.15, 0.2) is 243 Å². The van der Waals surface area contributed by atoms with Gasteiger partial charge in [-0.1, -0.05) is 176 Å². The Balaban J connectivity index is 0.958. The Hall–Kier alpha value is -8.71. The van der Waals surface area contributed by atoms with E-state index < -0.39 is 8.07 Å². The monoisotopic (exact) mass is 886 g/mol. The molecular formula is C62H42N4OSi. The van der Waals surface area contributed by atoms with Crippen LogP contribution in [-0.2, 0) is 6.61 Å². The Morgan fingerprint density at radius 3 is 1.56 bits per heavy atom. The summed E-state index contributed by atoms with van der Waals surface area (Å²) in [5.41, 5.74) is 13.5. The minimum absolute atomic E-state index is 0.517. The molecule has 0 radical (unpaired) electrons. The summed E-state index contributed by atoms with van der Waals surface area (Å²) < 4.78 is 13.2. The quantitative estimate of drug-likeness (QED) is 0.118. The van der Waals surface area contributed by atoms with Gasteiger partial charge in [0.2, 0.25) is 0 Å². The Bertz CT molecular complexity index is 4020. The van der Waals surface area contributed by atoms with Crippen LogP contribution in [0.2, 0.25) is 0 Å². The van der Waals surface area contributed by atoms with Crippen molar-refractivity contribution in [1.82, 2.24) is 18.7 Å². The van der Waals surface area contributed by atoms with Crippen LogP contribution in [-0.4, -0.2) is 26.8 Å². The largest absolute Gasteiger partial charge is 0.459 e. The predicted molar refractivity (Wildman–Crippen MR) is 283 cm³/mol. The van der Waals surface area contributed by atoms with Crippen LogP contribution in [0.3, 0.4) is 0 Å². The van der Waals surface area contributed by atoms with Crippen molar-refractivity contribution in [3.8, 4) is 34.2 Å². The van der Waals surface area contributed by atoms with Gasteiger partial charge in [-0.15, -0.1) is 0 Å². The van der Waals surface area contributed by atoms with E-state index in [0.29, 0.717) is 12.6 Å². The summed E-state index contributed by atoms with van der Waals surface area (Å²) >= 11 is 0. The van der Waals surface area contributed by atoms with Crippen molar-refractivity contribution < 1.29 is 4.74 Å². The number of ether oxygens (including phenoxy) is 1. The highest BCUT2D eigenvalue weighted by atomic mass is 28.3. The van der Waals surface area contributed by atoms with Gasteiger partial charge in [0, 0.05) is 38.5 Å². The minimum atomic E-state index is -3.00. The fourth-order valence-electron chi connectivity index (χ4n) is 11.3. The van der Waals surface area contributed by atoms with Crippen molar-refractivity contribution in [2.75, 3.05) is 0 Å². The standard InChI is InChI=1S/C62H42N4OSi/c1-3-20-47(21-4-1)68(48-22-5-2-6-23-48,49-24-15-18-42(37-49)43-33-35-61-55(38-43)63-62-66(61)56-29-11-7-17-44(56)41-67-62)50-25-16-19-45(39-50)64-59-32-14-10-28-53(59)54-40-46(34-36-60(54)64)65-57-30-12-8-26-51(57)52-27-9-13-31-58(52)65/h1-40H,41H2. The average molecular weight is 887 g/mol. The van der Waals surface area contributed by atoms with Crippen molar-refractivity contribution in [3.05, 3.63) is 248 Å². The van der Waals surface area contributed by atoms with Crippen molar-refractivity contribution in [2.45, 2.75) is 6.61 Å². The summed E-state index contributed by atoms with van der Waals surface area (Å²) in [5.74, 6) is 0. The van der Waals surface area contributed by atoms with Gasteiger partial charge in [0.05, 0.1) is 38.8 Å². The molecule has 0 aliphatic carbocycles. The zero-order valence-corrected chi connectivity index (χ0v) is 38.0. The molecule has 0 spiro atoms. The molecule has 0 saturated heterocycles. The van der Waals surface area contributed by atoms with E-state index in [4.69, 9.17) is 9.72 Å². The first-order chi connectivity index (χ1) is 33.7. The summed E-state index contributed by atoms with van der Waals surface area (Å²) in [4.78, 5) is 5.02. The molecule has 0 amide bonds. The molecule has 0 N–H and O–H groups in total. The zero-order valence-electron chi connectivity index (χ0n) is 37.0. The number of hydrogen-bond acceptors (Lipinski definition) is 2. The highest BCUT2D eigenvalue weighted by Crippen LogP contribution is 2.38. The highest BCUT2D eigenvalue weighted by Gasteiger charge is 2.42. The molecule has 0 atom stereocenters. The summed E-state index contributed by atoms with van der Waals surface area (Å²) in [6, 6.07) is 90.2. The normalized spacial score (nSPS) is 12.5. The molecular weight excluding hydrogens is 845 g/mol. The Morgan fingerprint density at radius 2 is 0.868 bits per heavy atom. The summed E-state index contributed by atoms with van der Waals surface area (Å²) in [7, 11) is -3.00. The average Bonchev–Trinajstić information content (AvgIpc) is 4.07. The van der Waals surface area contributed by atoms with Crippen LogP contribution < -0.4 is 25.5 Å². The first-order valence-corrected chi connectivity index (χ1v) is 25.3. The minimum Gasteiger partial charge on any atom is -0.459 e. The summed E-state index contributed by atoms with van der Waals surface area (Å²) in [5, 5.41) is 10.2. The van der Waals surface area contributed by atoms with Crippen LogP contribution in [0.25, 0.3) is 82.8 Å². The van der Waals surface area contributed by atoms with Gasteiger partial charge in [-0.25, -0.2) is 0 Å². The van der Waals surface area contributed by atoms with E-state index in [1.807, 2.05) is 0 Å². The summed E-state index contributed by atoms with van der Waals surface area (Å²) in [6.45, 7) is 0.517. The molecule has 10 aromatic carbocycles. The lowest BCUT2D eigenvalue weighted by molar-refractivity contribution is 0.265. The topological polar surface area (TPSA) is 36.9 Å². The zero-order chi connectivity index (χ0) is 44.8. The molecule has 5 nitrogen and oxygen atoms in total. The van der Waals surface area contributed by atoms with E-state index in [-0.39, 0.29) is 0 Å². The number of aromatic nitrogens is 4. The molecule has 0 unspecified atom stereocenters. The third kappa shape index (κ3) is 5.71. The van der Waals surface area contributed by atoms with Gasteiger partial charge in [-0.05, 0) is 98.6 Å². The van der Waals surface area contributed by atoms with Gasteiger partial charge in [0.15, 0.2) is 8.07 Å². The van der Waals surface area contributed by atoms with Gasteiger partial charge in [0.25, 0.3) is 0 Å². The lowest BCUT2D eigenvalue weighted by Gasteiger charge is -2.35. The Kier molecular flexibility index (Phi) is 8.60. The van der Waals surface area contributed by atoms with Gasteiger partial charge < -0.3 is 13.9 Å². The van der Waals surface area contributed by atoms with Crippen molar-refractivity contribution in [1.29, 1.82) is 0 Å². The van der Waals surface area contributed by atoms with Gasteiger partial charge in [0.1, 0.15) is 6.61 Å². The first kappa shape index (κ1) is 38.5. The van der Waals surface area contributed by atoms with Gasteiger partial charge in [-0.2, -0.15) is 4.98 Å². The van der Waals surface area contributed by atoms with E-state index in [9.17, 15) is 0 Å². The van der Waals surface area contributed by atoms with Crippen molar-refractivity contribution in [3.63, 3.8) is 0 Å². The van der Waals surface area contributed by atoms with Gasteiger partial charge in [-0.3, -0.25) is 4.57 Å². The fourth-order valence-corrected chi connectivity index (χ4v) is 16.1. The van der Waals surface area contributed by atoms with Crippen LogP contribution in [0.4, 0.5) is 0 Å². The molecule has 1 aliphatic heterocycles. The number of para-hydroxylation sites is 4. The molecule has 68 heavy (non-hydrogen) atoms. The number of imidazole rings is 1. The highest BCUT2D eigenvalue weighted by molar-refractivity contribution is 7.20. The molecule has 3 aromatic heterocycles. The molecule has 1 aliphatic rings. The smallest absolute Gasteiger partial charge is 0.302 e. The van der Waals surface area contributed by atoms with Crippen LogP contribution in [0.1, 0.15) is 5.56 Å². The van der Waals surface area contributed by atoms with Crippen LogP contribution >= 0.6 is 0 Å². The molecule has 4 heterocycles. The number of benzene rings is 10. The van der Waals surface area contributed by atoms with E-state index >= 15 is 0 Å². The number of hydrogen-bond donors (Lipinski definition) is 0. The molecule has 320 valence electrons. The molecule has 0 saturated carbocycles. The Morgan fingerprint density at radius 1 is 0.353 bits per heavy atom. The maximum absolute atomic E-state index is 6.18. The summed E-state index contributed by atoms with van der Waals surface area (Å²) in [6.07, 6.45) is 0. The van der Waals surface area contributed by atoms with E-state index in [2.05, 4.69) is 256 Å². The van der Waals surface area contributed by atoms with E-state index in [0.717, 1.165) is 44.8 Å². The maximum atomic E-state index is 6.18. The molecule has 6 heteroatoms. The third-order valence-electron chi connectivity index (χ3n) is 14.3. The lowest BCUT2D eigenvalue weighted by Crippen LogP contribution is -2.74. The molecule has 0 bridgehead atoms. The molecule has 0 fully saturated rings. The second-order valence-electron chi connectivity index (χ2n) is 17.9. The van der Waals surface area contributed by atoms with Crippen molar-refractivity contribution >= 4 is 83.5 Å². The van der Waals surface area contributed by atoms with Crippen LogP contribution in [0, 0.1) is 0 Å². The SMILES string of the molecule is c1ccc([Si](c2ccccc2)(c2cccc(-c3ccc4c(c3)nc3n4-c4ccccc4CO3)c2)c2cccc(-n3c4ccccc4c4cc(-n5c6ccccc6c6ccccc65)ccc43)c2)cc1. The molecule has 14 rings (SSSR count). The number of rotatable bonds is 7. The van der Waals surface area contributed by atoms with E-state index in [1.165, 1.54) is 64.4 Å². The first-order valence-electron chi connectivity index (χ1n) is 23.3. The second-order valence-corrected chi connectivity index (χ2v) is 21.7. The van der Waals surface area contributed by atoms with Crippen molar-refractivity contribution in [2.24, 2.45) is 0 Å². The second kappa shape index (κ2) is 15.2.